The molecule has 4 rings (SSSR count). The van der Waals surface area contributed by atoms with Gasteiger partial charge in [0.05, 0.1) is 22.8 Å². The second kappa shape index (κ2) is 6.34. The van der Waals surface area contributed by atoms with Gasteiger partial charge in [0.25, 0.3) is 5.56 Å². The van der Waals surface area contributed by atoms with Gasteiger partial charge < -0.3 is 10.2 Å². The summed E-state index contributed by atoms with van der Waals surface area (Å²) in [6.07, 6.45) is 1.24. The molecule has 2 aromatic carbocycles. The molecule has 0 aliphatic rings. The zero-order chi connectivity index (χ0) is 20.0. The minimum atomic E-state index is -1.32. The van der Waals surface area contributed by atoms with E-state index in [1.54, 1.807) is 38.2 Å². The smallest absolute Gasteiger partial charge is 0.360 e. The van der Waals surface area contributed by atoms with E-state index in [0.717, 1.165) is 11.1 Å². The molecule has 0 aliphatic heterocycles. The number of hydrogen-bond acceptors (Lipinski definition) is 5. The first-order chi connectivity index (χ1) is 13.4. The van der Waals surface area contributed by atoms with Gasteiger partial charge in [-0.15, -0.1) is 0 Å². The average molecular weight is 376 g/mol. The number of hydrogen-bond donors (Lipinski definition) is 2. The highest BCUT2D eigenvalue weighted by molar-refractivity contribution is 5.89. The van der Waals surface area contributed by atoms with Crippen molar-refractivity contribution >= 4 is 16.9 Å². The number of aromatic carboxylic acids is 1. The molecular weight excluding hydrogens is 360 g/mol. The van der Waals surface area contributed by atoms with Crippen LogP contribution < -0.4 is 5.56 Å². The van der Waals surface area contributed by atoms with Crippen LogP contribution in [0, 0.1) is 6.92 Å². The monoisotopic (exact) mass is 376 g/mol. The first kappa shape index (κ1) is 17.5. The zero-order valence-corrected chi connectivity index (χ0v) is 15.1. The molecule has 0 aliphatic carbocycles. The third kappa shape index (κ3) is 2.71. The Balaban J connectivity index is 1.93. The minimum Gasteiger partial charge on any atom is -0.504 e. The molecule has 0 spiro atoms. The summed E-state index contributed by atoms with van der Waals surface area (Å²) in [4.78, 5) is 28.2. The largest absolute Gasteiger partial charge is 0.504 e. The lowest BCUT2D eigenvalue weighted by Crippen LogP contribution is -2.20. The van der Waals surface area contributed by atoms with E-state index in [1.807, 2.05) is 18.2 Å². The number of carboxylic acid groups (broad SMARTS) is 1. The fourth-order valence-electron chi connectivity index (χ4n) is 3.11. The molecule has 0 unspecified atom stereocenters. The van der Waals surface area contributed by atoms with Crippen LogP contribution in [0.3, 0.4) is 0 Å². The summed E-state index contributed by atoms with van der Waals surface area (Å²) in [5.74, 6) is -1.11. The van der Waals surface area contributed by atoms with Gasteiger partial charge in [-0.25, -0.2) is 14.5 Å². The minimum absolute atomic E-state index is 0.147. The van der Waals surface area contributed by atoms with E-state index in [1.165, 1.54) is 15.4 Å². The van der Waals surface area contributed by atoms with Crippen LogP contribution in [0.4, 0.5) is 0 Å². The molecule has 28 heavy (non-hydrogen) atoms. The predicted octanol–water partition coefficient (Wildman–Crippen LogP) is 2.50. The summed E-state index contributed by atoms with van der Waals surface area (Å²) < 4.78 is 2.80. The van der Waals surface area contributed by atoms with Crippen molar-refractivity contribution in [2.45, 2.75) is 6.92 Å². The van der Waals surface area contributed by atoms with Gasteiger partial charge in [0.15, 0.2) is 5.75 Å². The molecule has 2 heterocycles. The quantitative estimate of drug-likeness (QED) is 0.568. The van der Waals surface area contributed by atoms with E-state index >= 15 is 0 Å². The molecule has 4 aromatic rings. The van der Waals surface area contributed by atoms with Crippen LogP contribution in [0.5, 0.6) is 5.75 Å². The Morgan fingerprint density at radius 3 is 2.61 bits per heavy atom. The maximum Gasteiger partial charge on any atom is 0.360 e. The molecule has 0 atom stereocenters. The molecular formula is C20H16N4O4. The van der Waals surface area contributed by atoms with Gasteiger partial charge in [-0.3, -0.25) is 9.36 Å². The van der Waals surface area contributed by atoms with Gasteiger partial charge >= 0.3 is 5.97 Å². The van der Waals surface area contributed by atoms with E-state index in [0.29, 0.717) is 22.4 Å². The highest BCUT2D eigenvalue weighted by atomic mass is 16.4. The maximum atomic E-state index is 12.6. The van der Waals surface area contributed by atoms with Crippen LogP contribution in [-0.2, 0) is 7.05 Å². The molecule has 2 aromatic heterocycles. The lowest BCUT2D eigenvalue weighted by atomic mass is 10.0. The van der Waals surface area contributed by atoms with E-state index in [-0.39, 0.29) is 5.56 Å². The number of rotatable bonds is 3. The second-order valence-corrected chi connectivity index (χ2v) is 6.38. The first-order valence-electron chi connectivity index (χ1n) is 8.46. The Bertz CT molecular complexity index is 1300. The standard InChI is InChI=1S/C20H16N4O4/c1-11-21-15-8-7-12(9-14(15)19(26)23(11)2)13-5-3-4-6-16(13)24-10-17(25)18(22-24)20(27)28/h3-10,25H,1-2H3,(H,27,28). The van der Waals surface area contributed by atoms with Crippen molar-refractivity contribution in [2.24, 2.45) is 7.05 Å². The molecule has 0 saturated heterocycles. The van der Waals surface area contributed by atoms with Gasteiger partial charge in [0.2, 0.25) is 5.69 Å². The van der Waals surface area contributed by atoms with E-state index in [2.05, 4.69) is 10.1 Å². The number of aromatic hydroxyl groups is 1. The molecule has 8 nitrogen and oxygen atoms in total. The second-order valence-electron chi connectivity index (χ2n) is 6.38. The van der Waals surface area contributed by atoms with Crippen molar-refractivity contribution in [3.8, 4) is 22.6 Å². The third-order valence-electron chi connectivity index (χ3n) is 4.66. The van der Waals surface area contributed by atoms with E-state index < -0.39 is 17.4 Å². The van der Waals surface area contributed by atoms with Gasteiger partial charge in [-0.05, 0) is 30.7 Å². The zero-order valence-electron chi connectivity index (χ0n) is 15.1. The summed E-state index contributed by atoms with van der Waals surface area (Å²) >= 11 is 0. The van der Waals surface area contributed by atoms with Crippen molar-refractivity contribution in [3.05, 3.63) is 70.5 Å². The Hall–Kier alpha value is -3.94. The molecule has 8 heteroatoms. The fourth-order valence-corrected chi connectivity index (χ4v) is 3.11. The summed E-state index contributed by atoms with van der Waals surface area (Å²) in [6, 6.07) is 12.6. The van der Waals surface area contributed by atoms with Crippen molar-refractivity contribution in [3.63, 3.8) is 0 Å². The highest BCUT2D eigenvalue weighted by Crippen LogP contribution is 2.29. The summed E-state index contributed by atoms with van der Waals surface area (Å²) in [5.41, 5.74) is 2.08. The number of carboxylic acids is 1. The molecule has 0 radical (unpaired) electrons. The van der Waals surface area contributed by atoms with Gasteiger partial charge in [0, 0.05) is 12.6 Å². The third-order valence-corrected chi connectivity index (χ3v) is 4.66. The van der Waals surface area contributed by atoms with Crippen LogP contribution in [0.15, 0.2) is 53.5 Å². The van der Waals surface area contributed by atoms with Crippen molar-refractivity contribution in [1.29, 1.82) is 0 Å². The lowest BCUT2D eigenvalue weighted by molar-refractivity contribution is 0.0687. The van der Waals surface area contributed by atoms with Crippen molar-refractivity contribution in [1.82, 2.24) is 19.3 Å². The molecule has 0 bridgehead atoms. The van der Waals surface area contributed by atoms with Crippen molar-refractivity contribution in [2.75, 3.05) is 0 Å². The van der Waals surface area contributed by atoms with Crippen LogP contribution in [0.1, 0.15) is 16.3 Å². The molecule has 0 amide bonds. The summed E-state index contributed by atoms with van der Waals surface area (Å²) in [6.45, 7) is 1.77. The molecule has 0 fully saturated rings. The number of para-hydroxylation sites is 1. The van der Waals surface area contributed by atoms with E-state index in [9.17, 15) is 14.7 Å². The maximum absolute atomic E-state index is 12.6. The highest BCUT2D eigenvalue weighted by Gasteiger charge is 2.18. The van der Waals surface area contributed by atoms with Gasteiger partial charge in [-0.2, -0.15) is 5.10 Å². The average Bonchev–Trinajstić information content (AvgIpc) is 3.08. The van der Waals surface area contributed by atoms with Gasteiger partial charge in [-0.1, -0.05) is 24.3 Å². The lowest BCUT2D eigenvalue weighted by Gasteiger charge is -2.11. The number of carbonyl (C=O) groups is 1. The topological polar surface area (TPSA) is 110 Å². The molecule has 2 N–H and O–H groups in total. The predicted molar refractivity (Wildman–Crippen MR) is 103 cm³/mol. The van der Waals surface area contributed by atoms with Gasteiger partial charge in [0.1, 0.15) is 5.82 Å². The summed E-state index contributed by atoms with van der Waals surface area (Å²) in [5, 5.41) is 23.4. The molecule has 0 saturated carbocycles. The van der Waals surface area contributed by atoms with Crippen LogP contribution in [0.25, 0.3) is 27.7 Å². The SMILES string of the molecule is Cc1nc2ccc(-c3ccccc3-n3cc(O)c(C(=O)O)n3)cc2c(=O)n1C. The Morgan fingerprint density at radius 1 is 1.14 bits per heavy atom. The van der Waals surface area contributed by atoms with Crippen LogP contribution in [0.2, 0.25) is 0 Å². The number of benzene rings is 2. The summed E-state index contributed by atoms with van der Waals surface area (Å²) in [7, 11) is 1.67. The van der Waals surface area contributed by atoms with Crippen molar-refractivity contribution < 1.29 is 15.0 Å². The Kier molecular flexibility index (Phi) is 3.96. The normalized spacial score (nSPS) is 11.1. The fraction of sp³-hybridized carbons (Fsp3) is 0.100. The first-order valence-corrected chi connectivity index (χ1v) is 8.46. The van der Waals surface area contributed by atoms with Crippen LogP contribution in [-0.4, -0.2) is 35.5 Å². The molecule has 140 valence electrons. The number of aromatic nitrogens is 4. The Morgan fingerprint density at radius 2 is 1.89 bits per heavy atom. The number of aryl methyl sites for hydroxylation is 1. The Labute approximate surface area is 158 Å². The van der Waals surface area contributed by atoms with E-state index in [4.69, 9.17) is 5.11 Å². The van der Waals surface area contributed by atoms with Crippen LogP contribution >= 0.6 is 0 Å². The number of nitrogens with zero attached hydrogens (tertiary/aromatic N) is 4. The number of fused-ring (bicyclic) bond motifs is 1.